The molecule has 0 fully saturated rings. The lowest BCUT2D eigenvalue weighted by Crippen LogP contribution is -2.36. The third kappa shape index (κ3) is 17.4. The summed E-state index contributed by atoms with van der Waals surface area (Å²) >= 11 is 0. The summed E-state index contributed by atoms with van der Waals surface area (Å²) in [4.78, 5) is 13.3. The summed E-state index contributed by atoms with van der Waals surface area (Å²) in [7, 11) is 1.92. The molecule has 0 heterocycles. The van der Waals surface area contributed by atoms with E-state index in [9.17, 15) is 4.79 Å². The zero-order valence-electron chi connectivity index (χ0n) is 14.0. The average Bonchev–Trinajstić information content (AvgIpc) is 2.47. The minimum atomic E-state index is 0.0437. The average molecular weight is 290 g/mol. The fourth-order valence-electron chi connectivity index (χ4n) is 1.24. The van der Waals surface area contributed by atoms with E-state index in [4.69, 9.17) is 9.47 Å². The van der Waals surface area contributed by atoms with Gasteiger partial charge in [0.1, 0.15) is 0 Å². The van der Waals surface area contributed by atoms with Gasteiger partial charge in [-0.1, -0.05) is 34.1 Å². The number of ether oxygens (including phenoxy) is 2. The summed E-state index contributed by atoms with van der Waals surface area (Å²) in [6, 6.07) is 0. The predicted octanol–water partition coefficient (Wildman–Crippen LogP) is 1.91. The van der Waals surface area contributed by atoms with Crippen LogP contribution in [-0.4, -0.2) is 63.9 Å². The summed E-state index contributed by atoms with van der Waals surface area (Å²) < 4.78 is 10.7. The number of likely N-dealkylation sites (N-methyl/N-ethyl adjacent to an activating group) is 1. The summed E-state index contributed by atoms with van der Waals surface area (Å²) in [5.74, 6) is 0.0437. The molecule has 0 saturated carbocycles. The van der Waals surface area contributed by atoms with Crippen molar-refractivity contribution in [2.24, 2.45) is 0 Å². The molecule has 0 aromatic rings. The molecule has 20 heavy (non-hydrogen) atoms. The summed E-state index contributed by atoms with van der Waals surface area (Å²) in [5.41, 5.74) is 0. The first-order valence-electron chi connectivity index (χ1n) is 7.81. The van der Waals surface area contributed by atoms with Gasteiger partial charge in [0.05, 0.1) is 26.4 Å². The van der Waals surface area contributed by atoms with E-state index in [2.05, 4.69) is 12.2 Å². The van der Waals surface area contributed by atoms with Crippen LogP contribution in [0.3, 0.4) is 0 Å². The van der Waals surface area contributed by atoms with E-state index in [1.807, 2.05) is 32.7 Å². The van der Waals surface area contributed by atoms with Crippen molar-refractivity contribution in [1.29, 1.82) is 0 Å². The van der Waals surface area contributed by atoms with E-state index < -0.39 is 0 Å². The predicted molar refractivity (Wildman–Crippen MR) is 84.1 cm³/mol. The summed E-state index contributed by atoms with van der Waals surface area (Å²) in [6.45, 7) is 12.6. The first kappa shape index (κ1) is 21.6. The van der Waals surface area contributed by atoms with E-state index in [0.29, 0.717) is 32.9 Å². The maximum Gasteiger partial charge on any atom is 0.234 e. The number of nitrogens with zero attached hydrogens (tertiary/aromatic N) is 1. The fourth-order valence-corrected chi connectivity index (χ4v) is 1.24. The summed E-state index contributed by atoms with van der Waals surface area (Å²) in [5, 5.41) is 2.81. The van der Waals surface area contributed by atoms with Gasteiger partial charge in [0, 0.05) is 13.2 Å². The van der Waals surface area contributed by atoms with Crippen molar-refractivity contribution in [1.82, 2.24) is 10.2 Å². The van der Waals surface area contributed by atoms with Gasteiger partial charge in [-0.2, -0.15) is 0 Å². The first-order valence-corrected chi connectivity index (χ1v) is 7.81. The first-order chi connectivity index (χ1) is 9.70. The highest BCUT2D eigenvalue weighted by Crippen LogP contribution is 1.87. The Balaban J connectivity index is 0. The van der Waals surface area contributed by atoms with Gasteiger partial charge in [0.2, 0.25) is 5.91 Å². The van der Waals surface area contributed by atoms with Crippen molar-refractivity contribution in [2.75, 3.05) is 53.1 Å². The molecule has 5 nitrogen and oxygen atoms in total. The molecule has 0 radical (unpaired) electrons. The van der Waals surface area contributed by atoms with Gasteiger partial charge in [-0.15, -0.1) is 0 Å². The number of unbranched alkanes of at least 4 members (excludes halogenated alkanes) is 1. The fraction of sp³-hybridized carbons (Fsp3) is 0.933. The SMILES string of the molecule is CC.CCCCOCCOCCNC(=O)CN(C)CC. The number of hydrogen-bond donors (Lipinski definition) is 1. The molecule has 0 aliphatic heterocycles. The number of hydrogen-bond acceptors (Lipinski definition) is 4. The van der Waals surface area contributed by atoms with E-state index in [-0.39, 0.29) is 5.91 Å². The van der Waals surface area contributed by atoms with Crippen LogP contribution in [0.5, 0.6) is 0 Å². The molecule has 0 spiro atoms. The molecule has 122 valence electrons. The molecule has 1 amide bonds. The van der Waals surface area contributed by atoms with Gasteiger partial charge in [-0.3, -0.25) is 9.69 Å². The van der Waals surface area contributed by atoms with E-state index in [1.165, 1.54) is 0 Å². The Kier molecular flexibility index (Phi) is 19.9. The van der Waals surface area contributed by atoms with Crippen LogP contribution in [0.25, 0.3) is 0 Å². The number of carbonyl (C=O) groups is 1. The lowest BCUT2D eigenvalue weighted by molar-refractivity contribution is -0.122. The van der Waals surface area contributed by atoms with Crippen molar-refractivity contribution >= 4 is 5.91 Å². The van der Waals surface area contributed by atoms with E-state index in [1.54, 1.807) is 0 Å². The van der Waals surface area contributed by atoms with Crippen LogP contribution in [0.15, 0.2) is 0 Å². The molecular weight excluding hydrogens is 256 g/mol. The van der Waals surface area contributed by atoms with Crippen LogP contribution < -0.4 is 5.32 Å². The molecular formula is C15H34N2O3. The Morgan fingerprint density at radius 3 is 2.20 bits per heavy atom. The molecule has 0 aromatic carbocycles. The van der Waals surface area contributed by atoms with Gasteiger partial charge < -0.3 is 14.8 Å². The topological polar surface area (TPSA) is 50.8 Å². The Morgan fingerprint density at radius 2 is 1.65 bits per heavy atom. The Bertz CT molecular complexity index is 202. The molecule has 0 aromatic heterocycles. The lowest BCUT2D eigenvalue weighted by Gasteiger charge is -2.13. The quantitative estimate of drug-likeness (QED) is 0.558. The molecule has 0 unspecified atom stereocenters. The molecule has 0 atom stereocenters. The van der Waals surface area contributed by atoms with Crippen molar-refractivity contribution in [3.63, 3.8) is 0 Å². The highest BCUT2D eigenvalue weighted by atomic mass is 16.5. The van der Waals surface area contributed by atoms with Crippen LogP contribution in [0.4, 0.5) is 0 Å². The second-order valence-corrected chi connectivity index (χ2v) is 4.26. The van der Waals surface area contributed by atoms with Gasteiger partial charge in [-0.05, 0) is 20.0 Å². The van der Waals surface area contributed by atoms with Crippen molar-refractivity contribution in [3.05, 3.63) is 0 Å². The Hall–Kier alpha value is -0.650. The van der Waals surface area contributed by atoms with Gasteiger partial charge in [0.15, 0.2) is 0 Å². The molecule has 0 saturated heterocycles. The van der Waals surface area contributed by atoms with Gasteiger partial charge in [0.25, 0.3) is 0 Å². The van der Waals surface area contributed by atoms with Gasteiger partial charge >= 0.3 is 0 Å². The second kappa shape index (κ2) is 18.4. The van der Waals surface area contributed by atoms with Crippen molar-refractivity contribution in [3.8, 4) is 0 Å². The standard InChI is InChI=1S/C13H28N2O3.C2H6/c1-4-6-8-17-10-11-18-9-7-14-13(16)12-15(3)5-2;1-2/h4-12H2,1-3H3,(H,14,16);1-2H3. The monoisotopic (exact) mass is 290 g/mol. The lowest BCUT2D eigenvalue weighted by atomic mass is 10.4. The van der Waals surface area contributed by atoms with Gasteiger partial charge in [-0.25, -0.2) is 0 Å². The zero-order chi connectivity index (χ0) is 15.6. The van der Waals surface area contributed by atoms with Crippen molar-refractivity contribution < 1.29 is 14.3 Å². The van der Waals surface area contributed by atoms with Crippen LogP contribution in [0, 0.1) is 0 Å². The van der Waals surface area contributed by atoms with Crippen LogP contribution >= 0.6 is 0 Å². The number of carbonyl (C=O) groups excluding carboxylic acids is 1. The highest BCUT2D eigenvalue weighted by Gasteiger charge is 2.03. The molecule has 0 aliphatic carbocycles. The van der Waals surface area contributed by atoms with E-state index in [0.717, 1.165) is 26.0 Å². The number of rotatable bonds is 12. The maximum atomic E-state index is 11.4. The summed E-state index contributed by atoms with van der Waals surface area (Å²) in [6.07, 6.45) is 2.25. The third-order valence-corrected chi connectivity index (χ3v) is 2.54. The largest absolute Gasteiger partial charge is 0.379 e. The molecule has 0 rings (SSSR count). The van der Waals surface area contributed by atoms with E-state index >= 15 is 0 Å². The zero-order valence-corrected chi connectivity index (χ0v) is 14.0. The highest BCUT2D eigenvalue weighted by molar-refractivity contribution is 5.77. The van der Waals surface area contributed by atoms with Crippen LogP contribution in [0.2, 0.25) is 0 Å². The normalized spacial score (nSPS) is 10.1. The Morgan fingerprint density at radius 1 is 1.05 bits per heavy atom. The molecule has 1 N–H and O–H groups in total. The smallest absolute Gasteiger partial charge is 0.234 e. The van der Waals surface area contributed by atoms with Crippen LogP contribution in [-0.2, 0) is 14.3 Å². The van der Waals surface area contributed by atoms with Crippen LogP contribution in [0.1, 0.15) is 40.5 Å². The minimum absolute atomic E-state index is 0.0437. The number of amides is 1. The molecule has 0 bridgehead atoms. The van der Waals surface area contributed by atoms with Crippen molar-refractivity contribution in [2.45, 2.75) is 40.5 Å². The third-order valence-electron chi connectivity index (χ3n) is 2.54. The molecule has 5 heteroatoms. The number of nitrogens with one attached hydrogen (secondary N) is 1. The maximum absolute atomic E-state index is 11.4. The Labute approximate surface area is 125 Å². The molecule has 0 aliphatic rings. The minimum Gasteiger partial charge on any atom is -0.379 e. The second-order valence-electron chi connectivity index (χ2n) is 4.26.